The molecule has 0 aromatic heterocycles. The van der Waals surface area contributed by atoms with Crippen LogP contribution in [0.25, 0.3) is 0 Å². The number of rotatable bonds is 5. The molecule has 2 aromatic rings. The fourth-order valence-corrected chi connectivity index (χ4v) is 2.07. The van der Waals surface area contributed by atoms with Crippen LogP contribution in [-0.2, 0) is 17.8 Å². The predicted molar refractivity (Wildman–Crippen MR) is 86.0 cm³/mol. The van der Waals surface area contributed by atoms with Gasteiger partial charge in [-0.3, -0.25) is 0 Å². The molecule has 0 bridgehead atoms. The molecule has 0 radical (unpaired) electrons. The molecule has 5 heteroatoms. The Bertz CT molecular complexity index is 653. The molecule has 4 N–H and O–H groups in total. The number of nitrogens with two attached hydrogens (primary N) is 2. The van der Waals surface area contributed by atoms with E-state index < -0.39 is 0 Å². The highest BCUT2D eigenvalue weighted by Crippen LogP contribution is 2.28. The predicted octanol–water partition coefficient (Wildman–Crippen LogP) is 3.98. The van der Waals surface area contributed by atoms with E-state index in [1.165, 1.54) is 0 Å². The van der Waals surface area contributed by atoms with Crippen LogP contribution in [0.15, 0.2) is 46.6 Å². The first-order chi connectivity index (χ1) is 10.1. The summed E-state index contributed by atoms with van der Waals surface area (Å²) in [6, 6.07) is 11.1. The Labute approximate surface area is 124 Å². The molecular weight excluding hydrogens is 264 g/mol. The second-order valence-electron chi connectivity index (χ2n) is 4.76. The number of anilines is 2. The Balaban J connectivity index is 2.33. The summed E-state index contributed by atoms with van der Waals surface area (Å²) in [6.07, 6.45) is 0.853. The number of nitrogen functional groups attached to an aromatic ring is 2. The van der Waals surface area contributed by atoms with Gasteiger partial charge in [-0.25, -0.2) is 0 Å². The minimum Gasteiger partial charge on any atom is -0.399 e. The van der Waals surface area contributed by atoms with Crippen LogP contribution in [0.2, 0.25) is 0 Å². The van der Waals surface area contributed by atoms with Crippen molar-refractivity contribution in [2.75, 3.05) is 18.6 Å². The zero-order chi connectivity index (χ0) is 15.2. The summed E-state index contributed by atoms with van der Waals surface area (Å²) in [5.41, 5.74) is 16.6. The average molecular weight is 284 g/mol. The smallest absolute Gasteiger partial charge is 0.0913 e. The van der Waals surface area contributed by atoms with Gasteiger partial charge in [0, 0.05) is 24.0 Å². The lowest BCUT2D eigenvalue weighted by atomic mass is 10.1. The van der Waals surface area contributed by atoms with Gasteiger partial charge in [0.15, 0.2) is 0 Å². The van der Waals surface area contributed by atoms with Crippen LogP contribution in [0.5, 0.6) is 0 Å². The Hall–Kier alpha value is -2.40. The minimum atomic E-state index is 0.446. The van der Waals surface area contributed by atoms with Gasteiger partial charge in [-0.05, 0) is 48.4 Å². The molecule has 0 saturated carbocycles. The van der Waals surface area contributed by atoms with Crippen molar-refractivity contribution in [2.24, 2.45) is 10.2 Å². The van der Waals surface area contributed by atoms with Gasteiger partial charge in [-0.1, -0.05) is 6.92 Å². The van der Waals surface area contributed by atoms with E-state index >= 15 is 0 Å². The maximum absolute atomic E-state index is 5.79. The van der Waals surface area contributed by atoms with Gasteiger partial charge in [-0.2, -0.15) is 10.2 Å². The third-order valence-electron chi connectivity index (χ3n) is 3.15. The van der Waals surface area contributed by atoms with E-state index in [9.17, 15) is 0 Å². The number of azo groups is 1. The number of nitrogens with zero attached hydrogens (tertiary/aromatic N) is 2. The largest absolute Gasteiger partial charge is 0.399 e. The zero-order valence-corrected chi connectivity index (χ0v) is 12.3. The highest BCUT2D eigenvalue weighted by Gasteiger charge is 2.04. The molecule has 0 heterocycles. The lowest BCUT2D eigenvalue weighted by Crippen LogP contribution is -1.91. The molecule has 0 saturated heterocycles. The van der Waals surface area contributed by atoms with E-state index in [1.807, 2.05) is 30.3 Å². The minimum absolute atomic E-state index is 0.446. The summed E-state index contributed by atoms with van der Waals surface area (Å²) in [6.45, 7) is 2.51. The van der Waals surface area contributed by atoms with Crippen molar-refractivity contribution in [3.8, 4) is 0 Å². The van der Waals surface area contributed by atoms with Gasteiger partial charge in [0.1, 0.15) is 0 Å². The van der Waals surface area contributed by atoms with E-state index in [4.69, 9.17) is 16.2 Å². The van der Waals surface area contributed by atoms with Gasteiger partial charge >= 0.3 is 0 Å². The standard InChI is InChI=1S/C16H20N4O/c1-3-11-8-13(17)4-6-15(11)19-20-16-7-5-14(18)9-12(16)10-21-2/h4-9H,3,10,17-18H2,1-2H3. The van der Waals surface area contributed by atoms with Crippen LogP contribution in [-0.4, -0.2) is 7.11 Å². The van der Waals surface area contributed by atoms with E-state index in [0.717, 1.165) is 34.6 Å². The molecule has 0 aliphatic heterocycles. The second kappa shape index (κ2) is 6.85. The third-order valence-corrected chi connectivity index (χ3v) is 3.15. The first kappa shape index (κ1) is 15.0. The first-order valence-corrected chi connectivity index (χ1v) is 6.81. The molecule has 0 atom stereocenters. The van der Waals surface area contributed by atoms with Crippen molar-refractivity contribution < 1.29 is 4.74 Å². The highest BCUT2D eigenvalue weighted by molar-refractivity contribution is 5.57. The number of hydrogen-bond donors (Lipinski definition) is 2. The third kappa shape index (κ3) is 3.79. The molecule has 0 fully saturated rings. The molecule has 5 nitrogen and oxygen atoms in total. The van der Waals surface area contributed by atoms with E-state index in [-0.39, 0.29) is 0 Å². The summed E-state index contributed by atoms with van der Waals surface area (Å²) in [5, 5.41) is 8.66. The molecule has 0 unspecified atom stereocenters. The number of aryl methyl sites for hydroxylation is 1. The topological polar surface area (TPSA) is 86.0 Å². The molecule has 0 aliphatic carbocycles. The quantitative estimate of drug-likeness (QED) is 0.643. The summed E-state index contributed by atoms with van der Waals surface area (Å²) in [5.74, 6) is 0. The monoisotopic (exact) mass is 284 g/mol. The Morgan fingerprint density at radius 2 is 1.43 bits per heavy atom. The Morgan fingerprint density at radius 3 is 1.95 bits per heavy atom. The zero-order valence-electron chi connectivity index (χ0n) is 12.3. The molecule has 0 aliphatic rings. The fraction of sp³-hybridized carbons (Fsp3) is 0.250. The molecule has 0 spiro atoms. The maximum Gasteiger partial charge on any atom is 0.0913 e. The van der Waals surface area contributed by atoms with Gasteiger partial charge in [0.05, 0.1) is 18.0 Å². The number of benzene rings is 2. The number of hydrogen-bond acceptors (Lipinski definition) is 5. The van der Waals surface area contributed by atoms with Gasteiger partial charge in [0.2, 0.25) is 0 Å². The Kier molecular flexibility index (Phi) is 4.90. The normalized spacial score (nSPS) is 11.1. The van der Waals surface area contributed by atoms with E-state index in [1.54, 1.807) is 13.2 Å². The van der Waals surface area contributed by atoms with Crippen molar-refractivity contribution in [2.45, 2.75) is 20.0 Å². The molecule has 110 valence electrons. The number of methoxy groups -OCH3 is 1. The summed E-state index contributed by atoms with van der Waals surface area (Å²) in [7, 11) is 1.64. The molecular formula is C16H20N4O. The van der Waals surface area contributed by atoms with Crippen molar-refractivity contribution in [1.29, 1.82) is 0 Å². The van der Waals surface area contributed by atoms with Gasteiger partial charge in [-0.15, -0.1) is 0 Å². The lowest BCUT2D eigenvalue weighted by molar-refractivity contribution is 0.185. The Morgan fingerprint density at radius 1 is 0.905 bits per heavy atom. The van der Waals surface area contributed by atoms with Crippen molar-refractivity contribution in [3.63, 3.8) is 0 Å². The number of ether oxygens (including phenoxy) is 1. The van der Waals surface area contributed by atoms with Crippen molar-refractivity contribution in [3.05, 3.63) is 47.5 Å². The van der Waals surface area contributed by atoms with Gasteiger partial charge < -0.3 is 16.2 Å². The second-order valence-corrected chi connectivity index (χ2v) is 4.76. The SMILES string of the molecule is CCc1cc(N)ccc1N=Nc1ccc(N)cc1COC. The van der Waals surface area contributed by atoms with E-state index in [2.05, 4.69) is 17.2 Å². The van der Waals surface area contributed by atoms with Crippen LogP contribution in [0.1, 0.15) is 18.1 Å². The first-order valence-electron chi connectivity index (χ1n) is 6.81. The fourth-order valence-electron chi connectivity index (χ4n) is 2.07. The maximum atomic E-state index is 5.79. The van der Waals surface area contributed by atoms with Crippen molar-refractivity contribution >= 4 is 22.7 Å². The molecule has 0 amide bonds. The molecule has 2 rings (SSSR count). The van der Waals surface area contributed by atoms with Crippen LogP contribution in [0.4, 0.5) is 22.7 Å². The highest BCUT2D eigenvalue weighted by atomic mass is 16.5. The van der Waals surface area contributed by atoms with E-state index in [0.29, 0.717) is 12.3 Å². The average Bonchev–Trinajstić information content (AvgIpc) is 2.47. The summed E-state index contributed by atoms with van der Waals surface area (Å²) < 4.78 is 5.16. The molecule has 21 heavy (non-hydrogen) atoms. The van der Waals surface area contributed by atoms with Crippen LogP contribution >= 0.6 is 0 Å². The van der Waals surface area contributed by atoms with Gasteiger partial charge in [0.25, 0.3) is 0 Å². The van der Waals surface area contributed by atoms with Crippen LogP contribution in [0.3, 0.4) is 0 Å². The lowest BCUT2D eigenvalue weighted by Gasteiger charge is -2.06. The summed E-state index contributed by atoms with van der Waals surface area (Å²) in [4.78, 5) is 0. The van der Waals surface area contributed by atoms with Crippen LogP contribution < -0.4 is 11.5 Å². The molecule has 2 aromatic carbocycles. The summed E-state index contributed by atoms with van der Waals surface area (Å²) >= 11 is 0. The van der Waals surface area contributed by atoms with Crippen LogP contribution in [0, 0.1) is 0 Å². The van der Waals surface area contributed by atoms with Crippen molar-refractivity contribution in [1.82, 2.24) is 0 Å².